The molecular formula is C16H15BrN2O2. The van der Waals surface area contributed by atoms with Gasteiger partial charge in [0.05, 0.1) is 15.4 Å². The van der Waals surface area contributed by atoms with Gasteiger partial charge in [-0.25, -0.2) is 0 Å². The Labute approximate surface area is 131 Å². The van der Waals surface area contributed by atoms with E-state index in [9.17, 15) is 10.1 Å². The number of benzene rings is 2. The van der Waals surface area contributed by atoms with E-state index in [0.29, 0.717) is 4.47 Å². The molecule has 1 aliphatic carbocycles. The number of anilines is 1. The minimum Gasteiger partial charge on any atom is -0.378 e. The highest BCUT2D eigenvalue weighted by molar-refractivity contribution is 9.10. The molecule has 108 valence electrons. The fourth-order valence-electron chi connectivity index (χ4n) is 2.85. The SMILES string of the molecule is O=[N+]([O-])c1ccc(NC2CCCc3ccccc32)cc1Br. The summed E-state index contributed by atoms with van der Waals surface area (Å²) in [5.74, 6) is 0. The fourth-order valence-corrected chi connectivity index (χ4v) is 3.37. The van der Waals surface area contributed by atoms with Gasteiger partial charge in [-0.3, -0.25) is 10.1 Å². The van der Waals surface area contributed by atoms with E-state index in [4.69, 9.17) is 0 Å². The molecule has 0 heterocycles. The molecule has 5 heteroatoms. The molecule has 0 spiro atoms. The number of hydrogen-bond acceptors (Lipinski definition) is 3. The molecule has 0 saturated carbocycles. The van der Waals surface area contributed by atoms with Gasteiger partial charge in [-0.1, -0.05) is 24.3 Å². The van der Waals surface area contributed by atoms with Crippen LogP contribution in [0.15, 0.2) is 46.9 Å². The van der Waals surface area contributed by atoms with Gasteiger partial charge in [-0.2, -0.15) is 0 Å². The van der Waals surface area contributed by atoms with E-state index in [1.807, 2.05) is 0 Å². The molecule has 0 aliphatic heterocycles. The lowest BCUT2D eigenvalue weighted by Crippen LogP contribution is -2.17. The van der Waals surface area contributed by atoms with Gasteiger partial charge in [0.2, 0.25) is 0 Å². The third kappa shape index (κ3) is 2.93. The van der Waals surface area contributed by atoms with Gasteiger partial charge >= 0.3 is 0 Å². The average Bonchev–Trinajstić information content (AvgIpc) is 2.47. The lowest BCUT2D eigenvalue weighted by Gasteiger charge is -2.27. The second-order valence-corrected chi connectivity index (χ2v) is 6.07. The Morgan fingerprint density at radius 2 is 2.05 bits per heavy atom. The van der Waals surface area contributed by atoms with E-state index in [2.05, 4.69) is 45.5 Å². The molecule has 2 aromatic rings. The van der Waals surface area contributed by atoms with Crippen molar-refractivity contribution in [2.24, 2.45) is 0 Å². The standard InChI is InChI=1S/C16H15BrN2O2/c17-14-10-12(8-9-16(14)19(20)21)18-15-7-3-5-11-4-1-2-6-13(11)15/h1-2,4,6,8-10,15,18H,3,5,7H2. The predicted molar refractivity (Wildman–Crippen MR) is 86.5 cm³/mol. The van der Waals surface area contributed by atoms with Crippen LogP contribution in [0, 0.1) is 10.1 Å². The molecule has 2 aromatic carbocycles. The highest BCUT2D eigenvalue weighted by atomic mass is 79.9. The lowest BCUT2D eigenvalue weighted by atomic mass is 9.87. The Hall–Kier alpha value is -1.88. The summed E-state index contributed by atoms with van der Waals surface area (Å²) in [6.45, 7) is 0. The minimum absolute atomic E-state index is 0.0876. The molecule has 0 saturated heterocycles. The first kappa shape index (κ1) is 14.1. The zero-order valence-corrected chi connectivity index (χ0v) is 13.0. The summed E-state index contributed by atoms with van der Waals surface area (Å²) in [5, 5.41) is 14.3. The summed E-state index contributed by atoms with van der Waals surface area (Å²) >= 11 is 3.26. The van der Waals surface area contributed by atoms with Crippen LogP contribution in [0.2, 0.25) is 0 Å². The van der Waals surface area contributed by atoms with Gasteiger partial charge in [-0.05, 0) is 58.5 Å². The Balaban J connectivity index is 1.85. The van der Waals surface area contributed by atoms with Gasteiger partial charge in [0.25, 0.3) is 5.69 Å². The van der Waals surface area contributed by atoms with Crippen LogP contribution in [0.1, 0.15) is 30.0 Å². The number of nitro benzene ring substituents is 1. The molecule has 4 nitrogen and oxygen atoms in total. The van der Waals surface area contributed by atoms with Crippen molar-refractivity contribution in [3.05, 3.63) is 68.2 Å². The fraction of sp³-hybridized carbons (Fsp3) is 0.250. The zero-order chi connectivity index (χ0) is 14.8. The van der Waals surface area contributed by atoms with Crippen LogP contribution >= 0.6 is 15.9 Å². The summed E-state index contributed by atoms with van der Waals surface area (Å²) < 4.78 is 0.501. The van der Waals surface area contributed by atoms with Crippen LogP contribution in [0.25, 0.3) is 0 Å². The van der Waals surface area contributed by atoms with Crippen LogP contribution < -0.4 is 5.32 Å². The normalized spacial score (nSPS) is 17.1. The van der Waals surface area contributed by atoms with Gasteiger partial charge < -0.3 is 5.32 Å². The van der Waals surface area contributed by atoms with E-state index >= 15 is 0 Å². The summed E-state index contributed by atoms with van der Waals surface area (Å²) in [6.07, 6.45) is 3.35. The molecule has 21 heavy (non-hydrogen) atoms. The summed E-state index contributed by atoms with van der Waals surface area (Å²) in [5.41, 5.74) is 3.71. The van der Waals surface area contributed by atoms with Crippen LogP contribution in [-0.4, -0.2) is 4.92 Å². The molecular weight excluding hydrogens is 332 g/mol. The maximum Gasteiger partial charge on any atom is 0.283 e. The topological polar surface area (TPSA) is 55.2 Å². The van der Waals surface area contributed by atoms with Gasteiger partial charge in [0.15, 0.2) is 0 Å². The first-order valence-electron chi connectivity index (χ1n) is 6.93. The summed E-state index contributed by atoms with van der Waals surface area (Å²) in [6, 6.07) is 13.8. The second-order valence-electron chi connectivity index (χ2n) is 5.21. The monoisotopic (exact) mass is 346 g/mol. The Bertz CT molecular complexity index is 688. The quantitative estimate of drug-likeness (QED) is 0.638. The van der Waals surface area contributed by atoms with Crippen LogP contribution in [0.3, 0.4) is 0 Å². The van der Waals surface area contributed by atoms with Crippen molar-refractivity contribution in [3.63, 3.8) is 0 Å². The molecule has 1 N–H and O–H groups in total. The van der Waals surface area contributed by atoms with E-state index in [1.54, 1.807) is 12.1 Å². The lowest BCUT2D eigenvalue weighted by molar-refractivity contribution is -0.385. The number of fused-ring (bicyclic) bond motifs is 1. The number of aryl methyl sites for hydroxylation is 1. The Kier molecular flexibility index (Phi) is 3.92. The minimum atomic E-state index is -0.385. The van der Waals surface area contributed by atoms with E-state index in [0.717, 1.165) is 24.9 Å². The van der Waals surface area contributed by atoms with Crippen LogP contribution in [0.4, 0.5) is 11.4 Å². The van der Waals surface area contributed by atoms with Crippen molar-refractivity contribution in [2.75, 3.05) is 5.32 Å². The highest BCUT2D eigenvalue weighted by Crippen LogP contribution is 2.34. The number of nitrogens with one attached hydrogen (secondary N) is 1. The van der Waals surface area contributed by atoms with Crippen LogP contribution in [-0.2, 0) is 6.42 Å². The maximum absolute atomic E-state index is 10.8. The Morgan fingerprint density at radius 3 is 2.81 bits per heavy atom. The molecule has 0 fully saturated rings. The average molecular weight is 347 g/mol. The molecule has 1 atom stereocenters. The van der Waals surface area contributed by atoms with Crippen molar-refractivity contribution < 1.29 is 4.92 Å². The molecule has 1 aliphatic rings. The third-order valence-electron chi connectivity index (χ3n) is 3.85. The van der Waals surface area contributed by atoms with Crippen molar-refractivity contribution >= 4 is 27.3 Å². The molecule has 0 amide bonds. The van der Waals surface area contributed by atoms with E-state index in [1.165, 1.54) is 17.2 Å². The first-order valence-corrected chi connectivity index (χ1v) is 7.73. The number of rotatable bonds is 3. The number of halogens is 1. The van der Waals surface area contributed by atoms with Crippen molar-refractivity contribution in [1.82, 2.24) is 0 Å². The van der Waals surface area contributed by atoms with Crippen LogP contribution in [0.5, 0.6) is 0 Å². The van der Waals surface area contributed by atoms with Crippen molar-refractivity contribution in [3.8, 4) is 0 Å². The molecule has 1 unspecified atom stereocenters. The van der Waals surface area contributed by atoms with E-state index < -0.39 is 0 Å². The first-order chi connectivity index (χ1) is 10.1. The number of hydrogen-bond donors (Lipinski definition) is 1. The number of nitrogens with zero attached hydrogens (tertiary/aromatic N) is 1. The Morgan fingerprint density at radius 1 is 1.24 bits per heavy atom. The molecule has 0 aromatic heterocycles. The second kappa shape index (κ2) is 5.85. The largest absolute Gasteiger partial charge is 0.378 e. The third-order valence-corrected chi connectivity index (χ3v) is 4.49. The van der Waals surface area contributed by atoms with E-state index in [-0.39, 0.29) is 16.7 Å². The van der Waals surface area contributed by atoms with Gasteiger partial charge in [-0.15, -0.1) is 0 Å². The maximum atomic E-state index is 10.8. The summed E-state index contributed by atoms with van der Waals surface area (Å²) in [7, 11) is 0. The van der Waals surface area contributed by atoms with Crippen molar-refractivity contribution in [2.45, 2.75) is 25.3 Å². The van der Waals surface area contributed by atoms with Gasteiger partial charge in [0, 0.05) is 11.8 Å². The van der Waals surface area contributed by atoms with Crippen molar-refractivity contribution in [1.29, 1.82) is 0 Å². The molecule has 3 rings (SSSR count). The molecule has 0 bridgehead atoms. The number of nitro groups is 1. The zero-order valence-electron chi connectivity index (χ0n) is 11.4. The predicted octanol–water partition coefficient (Wildman–Crippen LogP) is 4.85. The highest BCUT2D eigenvalue weighted by Gasteiger charge is 2.20. The van der Waals surface area contributed by atoms with Gasteiger partial charge in [0.1, 0.15) is 0 Å². The summed E-state index contributed by atoms with van der Waals surface area (Å²) in [4.78, 5) is 10.5. The molecule has 0 radical (unpaired) electrons. The smallest absolute Gasteiger partial charge is 0.283 e.